The van der Waals surface area contributed by atoms with E-state index in [4.69, 9.17) is 9.47 Å². The second kappa shape index (κ2) is 8.86. The van der Waals surface area contributed by atoms with E-state index in [1.54, 1.807) is 26.4 Å². The number of methoxy groups -OCH3 is 2. The van der Waals surface area contributed by atoms with Gasteiger partial charge in [0.25, 0.3) is 0 Å². The third kappa shape index (κ3) is 6.33. The first-order chi connectivity index (χ1) is 10.0. The first-order valence-electron chi connectivity index (χ1n) is 6.85. The van der Waals surface area contributed by atoms with Crippen LogP contribution in [0.25, 0.3) is 0 Å². The number of unbranched alkanes of at least 4 members (excludes halogenated alkanes) is 1. The van der Waals surface area contributed by atoms with Gasteiger partial charge in [-0.15, -0.1) is 0 Å². The molecule has 0 spiro atoms. The van der Waals surface area contributed by atoms with Crippen molar-refractivity contribution >= 4 is 10.0 Å². The van der Waals surface area contributed by atoms with Crippen molar-refractivity contribution < 1.29 is 17.9 Å². The lowest BCUT2D eigenvalue weighted by Gasteiger charge is -2.10. The molecular weight excluding hydrogens is 292 g/mol. The summed E-state index contributed by atoms with van der Waals surface area (Å²) in [4.78, 5) is 0. The van der Waals surface area contributed by atoms with E-state index in [1.165, 1.54) is 0 Å². The Balaban J connectivity index is 2.54. The van der Waals surface area contributed by atoms with Gasteiger partial charge in [-0.1, -0.05) is 6.07 Å². The molecule has 0 saturated heterocycles. The van der Waals surface area contributed by atoms with Crippen LogP contribution < -0.4 is 19.5 Å². The Bertz CT molecular complexity index is 532. The first-order valence-corrected chi connectivity index (χ1v) is 8.50. The molecule has 2 N–H and O–H groups in total. The molecule has 0 heterocycles. The average Bonchev–Trinajstić information content (AvgIpc) is 2.49. The van der Waals surface area contributed by atoms with E-state index in [1.807, 2.05) is 13.1 Å². The number of ether oxygens (including phenoxy) is 2. The molecule has 0 aliphatic heterocycles. The standard InChI is InChI=1S/C14H24N2O4S/c1-15-8-4-5-9-21(17,18)16-11-12-6-7-13(19-2)14(10-12)20-3/h6-7,10,15-16H,4-5,8-9,11H2,1-3H3. The summed E-state index contributed by atoms with van der Waals surface area (Å²) < 4.78 is 36.6. The number of hydrogen-bond acceptors (Lipinski definition) is 5. The highest BCUT2D eigenvalue weighted by atomic mass is 32.2. The van der Waals surface area contributed by atoms with Crippen molar-refractivity contribution in [2.24, 2.45) is 0 Å². The van der Waals surface area contributed by atoms with Crippen molar-refractivity contribution in [2.75, 3.05) is 33.6 Å². The molecular formula is C14H24N2O4S. The summed E-state index contributed by atoms with van der Waals surface area (Å²) >= 11 is 0. The predicted octanol–water partition coefficient (Wildman–Crippen LogP) is 1.12. The van der Waals surface area contributed by atoms with Crippen LogP contribution in [0.4, 0.5) is 0 Å². The molecule has 6 nitrogen and oxygen atoms in total. The maximum atomic E-state index is 11.9. The number of sulfonamides is 1. The lowest BCUT2D eigenvalue weighted by atomic mass is 10.2. The van der Waals surface area contributed by atoms with E-state index in [0.717, 1.165) is 18.5 Å². The minimum Gasteiger partial charge on any atom is -0.493 e. The third-order valence-electron chi connectivity index (χ3n) is 3.03. The summed E-state index contributed by atoms with van der Waals surface area (Å²) in [7, 11) is 1.72. The molecule has 0 saturated carbocycles. The van der Waals surface area contributed by atoms with E-state index < -0.39 is 10.0 Å². The Morgan fingerprint density at radius 3 is 2.43 bits per heavy atom. The second-order valence-corrected chi connectivity index (χ2v) is 6.57. The van der Waals surface area contributed by atoms with Gasteiger partial charge in [-0.3, -0.25) is 0 Å². The highest BCUT2D eigenvalue weighted by Crippen LogP contribution is 2.27. The molecule has 0 amide bonds. The normalized spacial score (nSPS) is 11.4. The van der Waals surface area contributed by atoms with Gasteiger partial charge in [-0.05, 0) is 44.1 Å². The Morgan fingerprint density at radius 1 is 1.10 bits per heavy atom. The van der Waals surface area contributed by atoms with Gasteiger partial charge in [0.05, 0.1) is 20.0 Å². The number of hydrogen-bond donors (Lipinski definition) is 2. The number of rotatable bonds is 10. The number of benzene rings is 1. The fourth-order valence-electron chi connectivity index (χ4n) is 1.85. The van der Waals surface area contributed by atoms with Gasteiger partial charge in [0.2, 0.25) is 10.0 Å². The highest BCUT2D eigenvalue weighted by Gasteiger charge is 2.11. The number of nitrogens with one attached hydrogen (secondary N) is 2. The Kier molecular flexibility index (Phi) is 7.49. The largest absolute Gasteiger partial charge is 0.493 e. The average molecular weight is 316 g/mol. The van der Waals surface area contributed by atoms with Crippen molar-refractivity contribution in [2.45, 2.75) is 19.4 Å². The molecule has 0 atom stereocenters. The molecule has 120 valence electrons. The summed E-state index contributed by atoms with van der Waals surface area (Å²) in [5, 5.41) is 2.99. The van der Waals surface area contributed by atoms with Crippen LogP contribution in [0.5, 0.6) is 11.5 Å². The molecule has 0 aliphatic carbocycles. The Labute approximate surface area is 126 Å². The fraction of sp³-hybridized carbons (Fsp3) is 0.571. The van der Waals surface area contributed by atoms with Crippen LogP contribution in [-0.4, -0.2) is 42.0 Å². The molecule has 7 heteroatoms. The smallest absolute Gasteiger partial charge is 0.211 e. The quantitative estimate of drug-likeness (QED) is 0.633. The van der Waals surface area contributed by atoms with E-state index in [9.17, 15) is 8.42 Å². The zero-order valence-electron chi connectivity index (χ0n) is 12.8. The van der Waals surface area contributed by atoms with Crippen LogP contribution in [0.15, 0.2) is 18.2 Å². The van der Waals surface area contributed by atoms with Crippen LogP contribution in [0, 0.1) is 0 Å². The third-order valence-corrected chi connectivity index (χ3v) is 4.44. The maximum Gasteiger partial charge on any atom is 0.211 e. The van der Waals surface area contributed by atoms with Crippen molar-refractivity contribution in [1.29, 1.82) is 0 Å². The summed E-state index contributed by atoms with van der Waals surface area (Å²) in [6.07, 6.45) is 1.48. The lowest BCUT2D eigenvalue weighted by molar-refractivity contribution is 0.354. The second-order valence-electron chi connectivity index (χ2n) is 4.64. The van der Waals surface area contributed by atoms with Gasteiger partial charge in [-0.25, -0.2) is 13.1 Å². The molecule has 1 rings (SSSR count). The van der Waals surface area contributed by atoms with Crippen molar-refractivity contribution in [1.82, 2.24) is 10.0 Å². The Morgan fingerprint density at radius 2 is 1.81 bits per heavy atom. The van der Waals surface area contributed by atoms with Gasteiger partial charge in [0, 0.05) is 6.54 Å². The molecule has 21 heavy (non-hydrogen) atoms. The topological polar surface area (TPSA) is 76.7 Å². The summed E-state index contributed by atoms with van der Waals surface area (Å²) in [6.45, 7) is 1.07. The summed E-state index contributed by atoms with van der Waals surface area (Å²) in [5.74, 6) is 1.35. The minimum atomic E-state index is -3.25. The van der Waals surface area contributed by atoms with Gasteiger partial charge < -0.3 is 14.8 Å². The van der Waals surface area contributed by atoms with Gasteiger partial charge in [-0.2, -0.15) is 0 Å². The van der Waals surface area contributed by atoms with Gasteiger partial charge >= 0.3 is 0 Å². The molecule has 1 aromatic carbocycles. The zero-order chi connectivity index (χ0) is 15.7. The van der Waals surface area contributed by atoms with Crippen LogP contribution in [0.1, 0.15) is 18.4 Å². The van der Waals surface area contributed by atoms with Crippen molar-refractivity contribution in [3.8, 4) is 11.5 Å². The van der Waals surface area contributed by atoms with Gasteiger partial charge in [0.15, 0.2) is 11.5 Å². The molecule has 0 radical (unpaired) electrons. The van der Waals surface area contributed by atoms with Crippen molar-refractivity contribution in [3.63, 3.8) is 0 Å². The van der Waals surface area contributed by atoms with Crippen LogP contribution >= 0.6 is 0 Å². The monoisotopic (exact) mass is 316 g/mol. The summed E-state index contributed by atoms with van der Waals surface area (Å²) in [5.41, 5.74) is 0.825. The van der Waals surface area contributed by atoms with Crippen LogP contribution in [0.2, 0.25) is 0 Å². The van der Waals surface area contributed by atoms with Crippen LogP contribution in [0.3, 0.4) is 0 Å². The predicted molar refractivity (Wildman–Crippen MR) is 83.3 cm³/mol. The van der Waals surface area contributed by atoms with E-state index in [-0.39, 0.29) is 12.3 Å². The van der Waals surface area contributed by atoms with E-state index in [0.29, 0.717) is 17.9 Å². The zero-order valence-corrected chi connectivity index (χ0v) is 13.6. The van der Waals surface area contributed by atoms with E-state index >= 15 is 0 Å². The first kappa shape index (κ1) is 17.7. The molecule has 0 bridgehead atoms. The maximum absolute atomic E-state index is 11.9. The molecule has 0 fully saturated rings. The van der Waals surface area contributed by atoms with E-state index in [2.05, 4.69) is 10.0 Å². The molecule has 0 aromatic heterocycles. The SMILES string of the molecule is CNCCCCS(=O)(=O)NCc1ccc(OC)c(OC)c1. The Hall–Kier alpha value is -1.31. The molecule has 0 aliphatic rings. The fourth-order valence-corrected chi connectivity index (χ4v) is 2.96. The molecule has 1 aromatic rings. The minimum absolute atomic E-state index is 0.141. The molecule has 0 unspecified atom stereocenters. The van der Waals surface area contributed by atoms with Crippen molar-refractivity contribution in [3.05, 3.63) is 23.8 Å². The highest BCUT2D eigenvalue weighted by molar-refractivity contribution is 7.89. The van der Waals surface area contributed by atoms with Crippen LogP contribution in [-0.2, 0) is 16.6 Å². The summed E-state index contributed by atoms with van der Waals surface area (Å²) in [6, 6.07) is 5.34. The lowest BCUT2D eigenvalue weighted by Crippen LogP contribution is -2.26. The van der Waals surface area contributed by atoms with Gasteiger partial charge in [0.1, 0.15) is 0 Å².